The van der Waals surface area contributed by atoms with Crippen LogP contribution in [0.4, 0.5) is 0 Å². The fraction of sp³-hybridized carbons (Fsp3) is 0.750. The molecule has 0 spiro atoms. The minimum absolute atomic E-state index is 1.16. The van der Waals surface area contributed by atoms with Gasteiger partial charge in [-0.1, -0.05) is 26.2 Å². The average molecular weight is 254 g/mol. The predicted molar refractivity (Wildman–Crippen MR) is 53.0 cm³/mol. The van der Waals surface area contributed by atoms with Crippen molar-refractivity contribution in [2.24, 2.45) is 0 Å². The molecule has 0 radical (unpaired) electrons. The second-order valence-electron chi connectivity index (χ2n) is 2.31. The van der Waals surface area contributed by atoms with Crippen molar-refractivity contribution in [3.8, 4) is 0 Å². The van der Waals surface area contributed by atoms with Crippen molar-refractivity contribution in [2.75, 3.05) is 0 Å². The molecule has 0 aromatic carbocycles. The molecule has 0 fully saturated rings. The maximum Gasteiger partial charge on any atom is 0.191 e. The van der Waals surface area contributed by atoms with Crippen LogP contribution in [0.25, 0.3) is 0 Å². The van der Waals surface area contributed by atoms with Crippen molar-refractivity contribution >= 4 is 23.0 Å². The number of hydrogen-bond acceptors (Lipinski definition) is 1. The second-order valence-corrected chi connectivity index (χ2v) is 2.82. The summed E-state index contributed by atoms with van der Waals surface area (Å²) in [5.41, 5.74) is 0. The van der Waals surface area contributed by atoms with E-state index in [0.29, 0.717) is 0 Å². The molecule has 0 unspecified atom stereocenters. The van der Waals surface area contributed by atoms with Crippen molar-refractivity contribution in [3.63, 3.8) is 0 Å². The molecule has 0 atom stereocenters. The zero-order valence-corrected chi connectivity index (χ0v) is 8.63. The molecule has 0 aliphatic rings. The Balaban J connectivity index is 2.83. The highest BCUT2D eigenvalue weighted by Gasteiger charge is 1.83. The molecule has 60 valence electrons. The first-order chi connectivity index (χ1) is 4.91. The molecule has 10 heavy (non-hydrogen) atoms. The van der Waals surface area contributed by atoms with Crippen molar-refractivity contribution < 1.29 is 3.07 Å². The lowest BCUT2D eigenvalue weighted by Gasteiger charge is -1.92. The van der Waals surface area contributed by atoms with Gasteiger partial charge in [0.1, 0.15) is 0 Å². The number of hydrogen-bond donors (Lipinski definition) is 0. The Labute approximate surface area is 77.5 Å². The van der Waals surface area contributed by atoms with Gasteiger partial charge in [0.25, 0.3) is 0 Å². The van der Waals surface area contributed by atoms with E-state index in [1.807, 2.05) is 23.0 Å². The summed E-state index contributed by atoms with van der Waals surface area (Å²) in [6.07, 6.45) is 10.3. The highest BCUT2D eigenvalue weighted by atomic mass is 127. The number of rotatable bonds is 6. The third-order valence-corrected chi connectivity index (χ3v) is 1.67. The van der Waals surface area contributed by atoms with E-state index in [-0.39, 0.29) is 0 Å². The summed E-state index contributed by atoms with van der Waals surface area (Å²) >= 11 is 1.87. The topological polar surface area (TPSA) is 9.23 Å². The van der Waals surface area contributed by atoms with Gasteiger partial charge in [0.15, 0.2) is 23.0 Å². The normalized spacial score (nSPS) is 10.6. The van der Waals surface area contributed by atoms with Crippen LogP contribution in [0.3, 0.4) is 0 Å². The Morgan fingerprint density at radius 1 is 1.30 bits per heavy atom. The molecule has 0 bridgehead atoms. The van der Waals surface area contributed by atoms with Crippen LogP contribution >= 0.6 is 23.0 Å². The Hall–Kier alpha value is 0.270. The van der Waals surface area contributed by atoms with Gasteiger partial charge in [-0.25, -0.2) is 0 Å². The zero-order chi connectivity index (χ0) is 7.66. The first kappa shape index (κ1) is 10.3. The van der Waals surface area contributed by atoms with Crippen LogP contribution < -0.4 is 0 Å². The maximum absolute atomic E-state index is 4.74. The van der Waals surface area contributed by atoms with Gasteiger partial charge in [-0.3, -0.25) is 0 Å². The quantitative estimate of drug-likeness (QED) is 0.397. The van der Waals surface area contributed by atoms with Crippen LogP contribution in [0.15, 0.2) is 12.3 Å². The summed E-state index contributed by atoms with van der Waals surface area (Å²) in [6.45, 7) is 2.23. The van der Waals surface area contributed by atoms with Crippen LogP contribution in [0.5, 0.6) is 0 Å². The Kier molecular flexibility index (Phi) is 9.52. The van der Waals surface area contributed by atoms with E-state index >= 15 is 0 Å². The largest absolute Gasteiger partial charge is 0.436 e. The summed E-state index contributed by atoms with van der Waals surface area (Å²) in [4.78, 5) is 0. The second kappa shape index (κ2) is 9.27. The lowest BCUT2D eigenvalue weighted by molar-refractivity contribution is 0.622. The Morgan fingerprint density at radius 2 is 2.10 bits per heavy atom. The summed E-state index contributed by atoms with van der Waals surface area (Å²) in [7, 11) is 0. The van der Waals surface area contributed by atoms with Crippen LogP contribution in [0, 0.1) is 0 Å². The minimum atomic E-state index is 1.16. The van der Waals surface area contributed by atoms with Crippen LogP contribution in [-0.4, -0.2) is 0 Å². The van der Waals surface area contributed by atoms with Crippen LogP contribution in [-0.2, 0) is 3.07 Å². The fourth-order valence-electron chi connectivity index (χ4n) is 0.793. The molecular weight excluding hydrogens is 239 g/mol. The van der Waals surface area contributed by atoms with Gasteiger partial charge in [-0.15, -0.1) is 0 Å². The van der Waals surface area contributed by atoms with Crippen molar-refractivity contribution in [2.45, 2.75) is 39.0 Å². The van der Waals surface area contributed by atoms with Crippen molar-refractivity contribution in [3.05, 3.63) is 12.3 Å². The average Bonchev–Trinajstić information content (AvgIpc) is 1.97. The molecule has 0 heterocycles. The van der Waals surface area contributed by atoms with Gasteiger partial charge in [0.2, 0.25) is 0 Å². The number of allylic oxidation sites excluding steroid dienone is 1. The molecule has 0 N–H and O–H groups in total. The predicted octanol–water partition coefficient (Wildman–Crippen LogP) is 3.84. The van der Waals surface area contributed by atoms with Crippen molar-refractivity contribution in [1.29, 1.82) is 0 Å². The Bertz CT molecular complexity index is 81.3. The Morgan fingerprint density at radius 3 is 2.70 bits per heavy atom. The summed E-state index contributed by atoms with van der Waals surface area (Å²) < 4.78 is 4.74. The van der Waals surface area contributed by atoms with Gasteiger partial charge in [0.05, 0.1) is 6.26 Å². The summed E-state index contributed by atoms with van der Waals surface area (Å²) in [5.74, 6) is 0. The molecule has 0 aromatic rings. The van der Waals surface area contributed by atoms with E-state index in [4.69, 9.17) is 3.07 Å². The number of halogens is 1. The first-order valence-corrected chi connectivity index (χ1v) is 4.72. The molecular formula is C8H15IO. The van der Waals surface area contributed by atoms with Gasteiger partial charge < -0.3 is 3.07 Å². The molecule has 0 aromatic heterocycles. The standard InChI is InChI=1S/C8H15IO/c1-2-3-4-5-6-7-8-10-9/h7-8H,2-6H2,1H3/b8-7-. The van der Waals surface area contributed by atoms with Gasteiger partial charge in [-0.2, -0.15) is 0 Å². The van der Waals surface area contributed by atoms with E-state index in [1.54, 1.807) is 6.26 Å². The van der Waals surface area contributed by atoms with Crippen LogP contribution in [0.1, 0.15) is 39.0 Å². The maximum atomic E-state index is 4.74. The van der Waals surface area contributed by atoms with Crippen molar-refractivity contribution in [1.82, 2.24) is 0 Å². The minimum Gasteiger partial charge on any atom is -0.436 e. The zero-order valence-electron chi connectivity index (χ0n) is 6.48. The lowest BCUT2D eigenvalue weighted by atomic mass is 10.2. The molecule has 0 saturated heterocycles. The molecule has 0 saturated carbocycles. The highest BCUT2D eigenvalue weighted by molar-refractivity contribution is 14.1. The van der Waals surface area contributed by atoms with E-state index in [2.05, 4.69) is 13.0 Å². The summed E-state index contributed by atoms with van der Waals surface area (Å²) in [5, 5.41) is 0. The molecule has 0 amide bonds. The number of unbranched alkanes of at least 4 members (excludes halogenated alkanes) is 4. The fourth-order valence-corrected chi connectivity index (χ4v) is 1.00. The molecule has 0 aliphatic heterocycles. The van der Waals surface area contributed by atoms with Gasteiger partial charge in [0, 0.05) is 0 Å². The lowest BCUT2D eigenvalue weighted by Crippen LogP contribution is -1.73. The molecule has 1 nitrogen and oxygen atoms in total. The monoisotopic (exact) mass is 254 g/mol. The van der Waals surface area contributed by atoms with Gasteiger partial charge in [-0.05, 0) is 18.9 Å². The van der Waals surface area contributed by atoms with E-state index in [0.717, 1.165) is 6.42 Å². The first-order valence-electron chi connectivity index (χ1n) is 3.84. The van der Waals surface area contributed by atoms with E-state index in [9.17, 15) is 0 Å². The summed E-state index contributed by atoms with van der Waals surface area (Å²) in [6, 6.07) is 0. The van der Waals surface area contributed by atoms with Gasteiger partial charge >= 0.3 is 0 Å². The van der Waals surface area contributed by atoms with Crippen LogP contribution in [0.2, 0.25) is 0 Å². The van der Waals surface area contributed by atoms with E-state index < -0.39 is 0 Å². The smallest absolute Gasteiger partial charge is 0.191 e. The van der Waals surface area contributed by atoms with E-state index in [1.165, 1.54) is 25.7 Å². The molecule has 0 aliphatic carbocycles. The molecule has 2 heteroatoms. The third kappa shape index (κ3) is 8.27. The third-order valence-electron chi connectivity index (χ3n) is 1.37. The SMILES string of the molecule is CCCCCC/C=C\OI. The highest BCUT2D eigenvalue weighted by Crippen LogP contribution is 2.03. The molecule has 0 rings (SSSR count).